The molecule has 0 radical (unpaired) electrons. The summed E-state index contributed by atoms with van der Waals surface area (Å²) in [5.41, 5.74) is 1.64. The maximum atomic E-state index is 10.8. The number of nitrogens with one attached hydrogen (secondary N) is 1. The van der Waals surface area contributed by atoms with Crippen LogP contribution in [0.2, 0.25) is 5.02 Å². The Labute approximate surface area is 109 Å². The van der Waals surface area contributed by atoms with Gasteiger partial charge in [-0.3, -0.25) is 4.68 Å². The summed E-state index contributed by atoms with van der Waals surface area (Å²) in [4.78, 5) is 10.8. The molecule has 0 unspecified atom stereocenters. The monoisotopic (exact) mass is 265 g/mol. The molecular weight excluding hydrogens is 254 g/mol. The number of aromatic carboxylic acids is 1. The average Bonchev–Trinajstić information content (AvgIpc) is 2.76. The normalized spacial score (nSPS) is 10.3. The zero-order chi connectivity index (χ0) is 13.1. The maximum absolute atomic E-state index is 10.8. The van der Waals surface area contributed by atoms with E-state index < -0.39 is 5.97 Å². The summed E-state index contributed by atoms with van der Waals surface area (Å²) < 4.78 is 1.79. The minimum atomic E-state index is -1.04. The van der Waals surface area contributed by atoms with Gasteiger partial charge in [-0.15, -0.1) is 0 Å². The number of aromatic nitrogens is 2. The number of aryl methyl sites for hydroxylation is 1. The summed E-state index contributed by atoms with van der Waals surface area (Å²) in [6, 6.07) is 4.71. The smallest absolute Gasteiger partial charge is 0.337 e. The summed E-state index contributed by atoms with van der Waals surface area (Å²) in [6.45, 7) is 2.79. The van der Waals surface area contributed by atoms with Crippen LogP contribution in [0.1, 0.15) is 17.3 Å². The van der Waals surface area contributed by atoms with Crippen LogP contribution in [-0.2, 0) is 6.54 Å². The van der Waals surface area contributed by atoms with Gasteiger partial charge in [0.15, 0.2) is 0 Å². The lowest BCUT2D eigenvalue weighted by Gasteiger charge is -2.05. The van der Waals surface area contributed by atoms with Crippen molar-refractivity contribution in [2.45, 2.75) is 13.5 Å². The molecule has 0 saturated heterocycles. The standard InChI is InChI=1S/C12H12ClN3O2/c1-2-16-7-9(6-14-16)15-8-3-4-10(12(17)18)11(13)5-8/h3-7,15H,2H2,1H3,(H,17,18). The van der Waals surface area contributed by atoms with Crippen LogP contribution in [0.5, 0.6) is 0 Å². The third kappa shape index (κ3) is 2.62. The van der Waals surface area contributed by atoms with Crippen molar-refractivity contribution >= 4 is 28.9 Å². The minimum absolute atomic E-state index is 0.0893. The number of hydrogen-bond acceptors (Lipinski definition) is 3. The van der Waals surface area contributed by atoms with E-state index in [1.54, 1.807) is 23.0 Å². The highest BCUT2D eigenvalue weighted by molar-refractivity contribution is 6.33. The van der Waals surface area contributed by atoms with E-state index in [1.807, 2.05) is 13.1 Å². The molecule has 18 heavy (non-hydrogen) atoms. The van der Waals surface area contributed by atoms with Crippen molar-refractivity contribution in [1.29, 1.82) is 0 Å². The quantitative estimate of drug-likeness (QED) is 0.892. The van der Waals surface area contributed by atoms with Crippen LogP contribution in [-0.4, -0.2) is 20.9 Å². The van der Waals surface area contributed by atoms with E-state index in [1.165, 1.54) is 6.07 Å². The fourth-order valence-electron chi connectivity index (χ4n) is 1.53. The first-order chi connectivity index (χ1) is 8.60. The van der Waals surface area contributed by atoms with Crippen molar-refractivity contribution in [1.82, 2.24) is 9.78 Å². The second-order valence-electron chi connectivity index (χ2n) is 3.71. The molecule has 2 rings (SSSR count). The molecule has 0 bridgehead atoms. The Morgan fingerprint density at radius 2 is 2.28 bits per heavy atom. The van der Waals surface area contributed by atoms with E-state index in [2.05, 4.69) is 10.4 Å². The molecule has 1 aromatic heterocycles. The first kappa shape index (κ1) is 12.4. The van der Waals surface area contributed by atoms with Gasteiger partial charge < -0.3 is 10.4 Å². The number of anilines is 2. The third-order valence-electron chi connectivity index (χ3n) is 2.45. The molecule has 0 spiro atoms. The van der Waals surface area contributed by atoms with E-state index >= 15 is 0 Å². The van der Waals surface area contributed by atoms with E-state index in [9.17, 15) is 4.79 Å². The molecule has 0 aliphatic rings. The number of halogens is 1. The van der Waals surface area contributed by atoms with Crippen molar-refractivity contribution in [2.75, 3.05) is 5.32 Å². The summed E-state index contributed by atoms with van der Waals surface area (Å²) in [6.07, 6.45) is 3.56. The van der Waals surface area contributed by atoms with Crippen LogP contribution >= 0.6 is 11.6 Å². The van der Waals surface area contributed by atoms with Gasteiger partial charge in [-0.1, -0.05) is 11.6 Å². The summed E-state index contributed by atoms with van der Waals surface area (Å²) in [7, 11) is 0. The topological polar surface area (TPSA) is 67.2 Å². The largest absolute Gasteiger partial charge is 0.478 e. The maximum Gasteiger partial charge on any atom is 0.337 e. The van der Waals surface area contributed by atoms with Gasteiger partial charge in [0.2, 0.25) is 0 Å². The highest BCUT2D eigenvalue weighted by atomic mass is 35.5. The molecule has 0 saturated carbocycles. The van der Waals surface area contributed by atoms with Crippen molar-refractivity contribution in [3.8, 4) is 0 Å². The van der Waals surface area contributed by atoms with Gasteiger partial charge in [0, 0.05) is 18.4 Å². The van der Waals surface area contributed by atoms with Gasteiger partial charge in [-0.05, 0) is 25.1 Å². The Balaban J connectivity index is 2.19. The van der Waals surface area contributed by atoms with Crippen LogP contribution in [0.25, 0.3) is 0 Å². The van der Waals surface area contributed by atoms with Gasteiger partial charge in [-0.2, -0.15) is 5.10 Å². The lowest BCUT2D eigenvalue weighted by atomic mass is 10.2. The van der Waals surface area contributed by atoms with E-state index in [0.29, 0.717) is 0 Å². The van der Waals surface area contributed by atoms with E-state index in [0.717, 1.165) is 17.9 Å². The minimum Gasteiger partial charge on any atom is -0.478 e. The van der Waals surface area contributed by atoms with Crippen molar-refractivity contribution in [3.63, 3.8) is 0 Å². The molecule has 0 aliphatic heterocycles. The molecule has 2 N–H and O–H groups in total. The molecule has 0 amide bonds. The third-order valence-corrected chi connectivity index (χ3v) is 2.76. The Bertz CT molecular complexity index is 580. The van der Waals surface area contributed by atoms with Gasteiger partial charge in [0.25, 0.3) is 0 Å². The fourth-order valence-corrected chi connectivity index (χ4v) is 1.80. The van der Waals surface area contributed by atoms with Crippen LogP contribution in [0.4, 0.5) is 11.4 Å². The predicted octanol–water partition coefficient (Wildman–Crippen LogP) is 3.00. The van der Waals surface area contributed by atoms with Crippen molar-refractivity contribution in [2.24, 2.45) is 0 Å². The average molecular weight is 266 g/mol. The Morgan fingerprint density at radius 1 is 1.50 bits per heavy atom. The second-order valence-corrected chi connectivity index (χ2v) is 4.12. The number of carboxylic acid groups (broad SMARTS) is 1. The molecule has 5 nitrogen and oxygen atoms in total. The summed E-state index contributed by atoms with van der Waals surface area (Å²) >= 11 is 5.88. The highest BCUT2D eigenvalue weighted by Gasteiger charge is 2.09. The molecular formula is C12H12ClN3O2. The second kappa shape index (κ2) is 5.10. The number of hydrogen-bond donors (Lipinski definition) is 2. The molecule has 6 heteroatoms. The Kier molecular flexibility index (Phi) is 3.53. The zero-order valence-corrected chi connectivity index (χ0v) is 10.5. The van der Waals surface area contributed by atoms with Crippen LogP contribution in [0.3, 0.4) is 0 Å². The lowest BCUT2D eigenvalue weighted by Crippen LogP contribution is -1.98. The molecule has 1 heterocycles. The van der Waals surface area contributed by atoms with Gasteiger partial charge in [0.1, 0.15) is 0 Å². The molecule has 94 valence electrons. The van der Waals surface area contributed by atoms with Crippen molar-refractivity contribution < 1.29 is 9.90 Å². The molecule has 0 fully saturated rings. The zero-order valence-electron chi connectivity index (χ0n) is 9.72. The fraction of sp³-hybridized carbons (Fsp3) is 0.167. The molecule has 0 aliphatic carbocycles. The molecule has 0 atom stereocenters. The highest BCUT2D eigenvalue weighted by Crippen LogP contribution is 2.23. The van der Waals surface area contributed by atoms with Crippen LogP contribution in [0.15, 0.2) is 30.6 Å². The molecule has 1 aromatic carbocycles. The van der Waals surface area contributed by atoms with Crippen LogP contribution < -0.4 is 5.32 Å². The first-order valence-electron chi connectivity index (χ1n) is 5.42. The van der Waals surface area contributed by atoms with Gasteiger partial charge in [-0.25, -0.2) is 4.79 Å². The van der Waals surface area contributed by atoms with Crippen molar-refractivity contribution in [3.05, 3.63) is 41.2 Å². The number of benzene rings is 1. The van der Waals surface area contributed by atoms with E-state index in [4.69, 9.17) is 16.7 Å². The predicted molar refractivity (Wildman–Crippen MR) is 69.6 cm³/mol. The molecule has 2 aromatic rings. The van der Waals surface area contributed by atoms with E-state index in [-0.39, 0.29) is 10.6 Å². The first-order valence-corrected chi connectivity index (χ1v) is 5.80. The SMILES string of the molecule is CCn1cc(Nc2ccc(C(=O)O)c(Cl)c2)cn1. The van der Waals surface area contributed by atoms with Gasteiger partial charge in [0.05, 0.1) is 22.5 Å². The number of carbonyl (C=O) groups is 1. The van der Waals surface area contributed by atoms with Crippen LogP contribution in [0, 0.1) is 0 Å². The Morgan fingerprint density at radius 3 is 2.83 bits per heavy atom. The number of rotatable bonds is 4. The van der Waals surface area contributed by atoms with Gasteiger partial charge >= 0.3 is 5.97 Å². The summed E-state index contributed by atoms with van der Waals surface area (Å²) in [5, 5.41) is 16.3. The lowest BCUT2D eigenvalue weighted by molar-refractivity contribution is 0.0697. The number of carboxylic acids is 1. The number of nitrogens with zero attached hydrogens (tertiary/aromatic N) is 2. The Hall–Kier alpha value is -2.01. The summed E-state index contributed by atoms with van der Waals surface area (Å²) in [5.74, 6) is -1.04.